The van der Waals surface area contributed by atoms with Crippen molar-refractivity contribution < 1.29 is 4.74 Å². The lowest BCUT2D eigenvalue weighted by atomic mass is 9.85. The van der Waals surface area contributed by atoms with Gasteiger partial charge in [-0.3, -0.25) is 4.99 Å². The van der Waals surface area contributed by atoms with Crippen molar-refractivity contribution in [2.24, 2.45) is 4.99 Å². The van der Waals surface area contributed by atoms with Crippen molar-refractivity contribution in [3.8, 4) is 0 Å². The Hall–Kier alpha value is -2.33. The molecule has 1 fully saturated rings. The summed E-state index contributed by atoms with van der Waals surface area (Å²) in [6.45, 7) is 5.81. The van der Waals surface area contributed by atoms with E-state index >= 15 is 0 Å². The predicted octanol–water partition coefficient (Wildman–Crippen LogP) is 4.54. The molecule has 2 N–H and O–H groups in total. The van der Waals surface area contributed by atoms with Crippen molar-refractivity contribution in [1.29, 1.82) is 0 Å². The van der Waals surface area contributed by atoms with E-state index in [0.29, 0.717) is 0 Å². The number of anilines is 2. The highest BCUT2D eigenvalue weighted by Gasteiger charge is 2.41. The number of aryl methyl sites for hydroxylation is 1. The summed E-state index contributed by atoms with van der Waals surface area (Å²) in [4.78, 5) is 5.11. The fraction of sp³-hybridized carbons (Fsp3) is 0.381. The Kier molecular flexibility index (Phi) is 4.22. The fourth-order valence-electron chi connectivity index (χ4n) is 3.70. The van der Waals surface area contributed by atoms with Crippen LogP contribution in [0.1, 0.15) is 36.9 Å². The molecule has 4 nitrogen and oxygen atoms in total. The maximum atomic E-state index is 5.62. The zero-order valence-corrected chi connectivity index (χ0v) is 14.9. The van der Waals surface area contributed by atoms with E-state index in [1.807, 2.05) is 0 Å². The Morgan fingerprint density at radius 1 is 1.04 bits per heavy atom. The Bertz CT molecular complexity index is 793. The van der Waals surface area contributed by atoms with E-state index in [-0.39, 0.29) is 11.6 Å². The zero-order chi connectivity index (χ0) is 17.3. The molecule has 1 saturated heterocycles. The van der Waals surface area contributed by atoms with Crippen molar-refractivity contribution in [2.75, 3.05) is 23.8 Å². The second-order valence-corrected chi connectivity index (χ2v) is 7.06. The molecule has 2 aromatic carbocycles. The van der Waals surface area contributed by atoms with E-state index in [1.165, 1.54) is 11.1 Å². The highest BCUT2D eigenvalue weighted by atomic mass is 16.5. The molecule has 1 spiro atoms. The standard InChI is InChI=1S/C21H25N3O/c1-15-6-5-7-17(14-15)16(2)22-20-21(10-12-25-13-11-21)24-19-9-4-3-8-18(19)23-20/h3-9,14,16,24H,10-13H2,1-2H3,(H,22,23). The molecule has 0 radical (unpaired) electrons. The Morgan fingerprint density at radius 2 is 1.80 bits per heavy atom. The first-order valence-corrected chi connectivity index (χ1v) is 9.03. The van der Waals surface area contributed by atoms with E-state index in [4.69, 9.17) is 9.73 Å². The van der Waals surface area contributed by atoms with Crippen molar-refractivity contribution in [3.05, 3.63) is 59.7 Å². The van der Waals surface area contributed by atoms with Crippen LogP contribution in [0.5, 0.6) is 0 Å². The first kappa shape index (κ1) is 16.2. The molecule has 1 atom stereocenters. The maximum absolute atomic E-state index is 5.62. The maximum Gasteiger partial charge on any atom is 0.128 e. The van der Waals surface area contributed by atoms with Gasteiger partial charge in [0.1, 0.15) is 5.84 Å². The van der Waals surface area contributed by atoms with Crippen LogP contribution in [0.15, 0.2) is 53.5 Å². The van der Waals surface area contributed by atoms with Crippen LogP contribution >= 0.6 is 0 Å². The summed E-state index contributed by atoms with van der Waals surface area (Å²) in [6.07, 6.45) is 1.85. The summed E-state index contributed by atoms with van der Waals surface area (Å²) in [5.41, 5.74) is 4.59. The SMILES string of the molecule is Cc1cccc(C(C)N=C2Nc3ccccc3NC23CCOCC3)c1. The predicted molar refractivity (Wildman–Crippen MR) is 104 cm³/mol. The number of amidine groups is 1. The first-order chi connectivity index (χ1) is 12.2. The number of benzene rings is 2. The number of rotatable bonds is 2. The summed E-state index contributed by atoms with van der Waals surface area (Å²) in [5.74, 6) is 1.03. The molecule has 2 aliphatic heterocycles. The van der Waals surface area contributed by atoms with Crippen LogP contribution in [0.3, 0.4) is 0 Å². The molecule has 130 valence electrons. The number of aliphatic imine (C=N–C) groups is 1. The summed E-state index contributed by atoms with van der Waals surface area (Å²) in [5, 5.41) is 7.36. The minimum atomic E-state index is -0.162. The zero-order valence-electron chi connectivity index (χ0n) is 14.9. The van der Waals surface area contributed by atoms with Gasteiger partial charge in [-0.05, 0) is 31.5 Å². The summed E-state index contributed by atoms with van der Waals surface area (Å²) in [7, 11) is 0. The van der Waals surface area contributed by atoms with Crippen LogP contribution < -0.4 is 10.6 Å². The smallest absolute Gasteiger partial charge is 0.128 e. The molecule has 1 unspecified atom stereocenters. The fourth-order valence-corrected chi connectivity index (χ4v) is 3.70. The molecule has 4 rings (SSSR count). The van der Waals surface area contributed by atoms with Gasteiger partial charge >= 0.3 is 0 Å². The lowest BCUT2D eigenvalue weighted by Crippen LogP contribution is -2.55. The van der Waals surface area contributed by atoms with Crippen molar-refractivity contribution in [2.45, 2.75) is 38.3 Å². The third-order valence-corrected chi connectivity index (χ3v) is 5.20. The van der Waals surface area contributed by atoms with Crippen LogP contribution in [-0.4, -0.2) is 24.6 Å². The lowest BCUT2D eigenvalue weighted by Gasteiger charge is -2.44. The van der Waals surface area contributed by atoms with Crippen LogP contribution in [0.25, 0.3) is 0 Å². The minimum Gasteiger partial charge on any atom is -0.381 e. The topological polar surface area (TPSA) is 45.7 Å². The van der Waals surface area contributed by atoms with Gasteiger partial charge in [-0.2, -0.15) is 0 Å². The Balaban J connectivity index is 1.72. The molecule has 0 saturated carbocycles. The number of nitrogens with one attached hydrogen (secondary N) is 2. The van der Waals surface area contributed by atoms with E-state index in [2.05, 4.69) is 73.0 Å². The molecule has 0 amide bonds. The van der Waals surface area contributed by atoms with Gasteiger partial charge in [-0.25, -0.2) is 0 Å². The summed E-state index contributed by atoms with van der Waals surface area (Å²) in [6, 6.07) is 17.1. The van der Waals surface area contributed by atoms with E-state index in [1.54, 1.807) is 0 Å². The minimum absolute atomic E-state index is 0.106. The number of fused-ring (bicyclic) bond motifs is 1. The third kappa shape index (κ3) is 3.14. The van der Waals surface area contributed by atoms with Gasteiger partial charge in [-0.15, -0.1) is 0 Å². The number of ether oxygens (including phenoxy) is 1. The second-order valence-electron chi connectivity index (χ2n) is 7.06. The Morgan fingerprint density at radius 3 is 2.56 bits per heavy atom. The van der Waals surface area contributed by atoms with Crippen LogP contribution in [0.2, 0.25) is 0 Å². The van der Waals surface area contributed by atoms with Crippen LogP contribution in [-0.2, 0) is 4.74 Å². The molecule has 25 heavy (non-hydrogen) atoms. The van der Waals surface area contributed by atoms with Gasteiger partial charge in [0.2, 0.25) is 0 Å². The average Bonchev–Trinajstić information content (AvgIpc) is 2.63. The largest absolute Gasteiger partial charge is 0.381 e. The second kappa shape index (κ2) is 6.52. The van der Waals surface area contributed by atoms with Gasteiger partial charge in [0.25, 0.3) is 0 Å². The molecule has 0 aliphatic carbocycles. The van der Waals surface area contributed by atoms with Crippen LogP contribution in [0, 0.1) is 6.92 Å². The van der Waals surface area contributed by atoms with Crippen molar-refractivity contribution in [3.63, 3.8) is 0 Å². The highest BCUT2D eigenvalue weighted by molar-refractivity contribution is 6.09. The molecule has 4 heteroatoms. The van der Waals surface area contributed by atoms with Gasteiger partial charge < -0.3 is 15.4 Å². The molecule has 2 aliphatic rings. The number of nitrogens with zero attached hydrogens (tertiary/aromatic N) is 1. The summed E-state index contributed by atoms with van der Waals surface area (Å²) < 4.78 is 5.62. The Labute approximate surface area is 149 Å². The summed E-state index contributed by atoms with van der Waals surface area (Å²) >= 11 is 0. The van der Waals surface area contributed by atoms with Crippen molar-refractivity contribution in [1.82, 2.24) is 0 Å². The molecule has 0 aromatic heterocycles. The monoisotopic (exact) mass is 335 g/mol. The highest BCUT2D eigenvalue weighted by Crippen LogP contribution is 2.37. The van der Waals surface area contributed by atoms with Crippen molar-refractivity contribution >= 4 is 17.2 Å². The number of hydrogen-bond donors (Lipinski definition) is 2. The molecule has 2 aromatic rings. The third-order valence-electron chi connectivity index (χ3n) is 5.20. The number of hydrogen-bond acceptors (Lipinski definition) is 3. The average molecular weight is 335 g/mol. The van der Waals surface area contributed by atoms with E-state index in [9.17, 15) is 0 Å². The first-order valence-electron chi connectivity index (χ1n) is 9.03. The normalized spacial score (nSPS) is 21.3. The van der Waals surface area contributed by atoms with Gasteiger partial charge in [0.15, 0.2) is 0 Å². The van der Waals surface area contributed by atoms with Gasteiger partial charge in [-0.1, -0.05) is 42.0 Å². The van der Waals surface area contributed by atoms with Gasteiger partial charge in [0, 0.05) is 26.1 Å². The molecule has 0 bridgehead atoms. The number of para-hydroxylation sites is 2. The quantitative estimate of drug-likeness (QED) is 0.847. The molecular formula is C21H25N3O. The van der Waals surface area contributed by atoms with E-state index in [0.717, 1.165) is 43.3 Å². The molecular weight excluding hydrogens is 310 g/mol. The van der Waals surface area contributed by atoms with E-state index < -0.39 is 0 Å². The lowest BCUT2D eigenvalue weighted by molar-refractivity contribution is 0.0778. The van der Waals surface area contributed by atoms with Gasteiger partial charge in [0.05, 0.1) is 23.0 Å². The van der Waals surface area contributed by atoms with Crippen LogP contribution in [0.4, 0.5) is 11.4 Å². The molecule has 2 heterocycles.